The SMILES string of the molecule is Cn1cncc1-c1noc(C2CC3CCC2N3)n1. The Morgan fingerprint density at radius 3 is 3.06 bits per heavy atom. The van der Waals surface area contributed by atoms with Gasteiger partial charge in [0.25, 0.3) is 0 Å². The summed E-state index contributed by atoms with van der Waals surface area (Å²) in [7, 11) is 1.93. The van der Waals surface area contributed by atoms with Crippen molar-refractivity contribution in [1.82, 2.24) is 25.0 Å². The van der Waals surface area contributed by atoms with E-state index in [1.807, 2.05) is 11.6 Å². The van der Waals surface area contributed by atoms with Crippen LogP contribution in [0.5, 0.6) is 0 Å². The van der Waals surface area contributed by atoms with Gasteiger partial charge < -0.3 is 14.4 Å². The van der Waals surface area contributed by atoms with Gasteiger partial charge in [-0.1, -0.05) is 5.16 Å². The predicted octanol–water partition coefficient (Wildman–Crippen LogP) is 1.08. The first-order chi connectivity index (χ1) is 8.81. The van der Waals surface area contributed by atoms with Crippen molar-refractivity contribution >= 4 is 0 Å². The molecule has 4 heterocycles. The summed E-state index contributed by atoms with van der Waals surface area (Å²) in [6, 6.07) is 1.17. The van der Waals surface area contributed by atoms with Gasteiger partial charge in [0.15, 0.2) is 0 Å². The van der Waals surface area contributed by atoms with Gasteiger partial charge in [-0.2, -0.15) is 4.98 Å². The summed E-state index contributed by atoms with van der Waals surface area (Å²) in [5.41, 5.74) is 0.890. The van der Waals surface area contributed by atoms with Gasteiger partial charge in [0.1, 0.15) is 5.69 Å². The molecule has 2 aliphatic rings. The first-order valence-corrected chi connectivity index (χ1v) is 6.37. The number of hydrogen-bond acceptors (Lipinski definition) is 5. The van der Waals surface area contributed by atoms with Crippen molar-refractivity contribution in [3.05, 3.63) is 18.4 Å². The molecule has 2 aliphatic heterocycles. The van der Waals surface area contributed by atoms with Crippen molar-refractivity contribution in [2.24, 2.45) is 7.05 Å². The molecule has 2 saturated heterocycles. The van der Waals surface area contributed by atoms with Gasteiger partial charge in [0, 0.05) is 19.1 Å². The third-order valence-electron chi connectivity index (χ3n) is 4.10. The fraction of sp³-hybridized carbons (Fsp3) is 0.583. The van der Waals surface area contributed by atoms with Crippen molar-refractivity contribution in [2.75, 3.05) is 0 Å². The Balaban J connectivity index is 1.65. The largest absolute Gasteiger partial charge is 0.339 e. The summed E-state index contributed by atoms with van der Waals surface area (Å²) in [5, 5.41) is 7.66. The minimum atomic E-state index is 0.387. The smallest absolute Gasteiger partial charge is 0.231 e. The Morgan fingerprint density at radius 2 is 2.39 bits per heavy atom. The molecular weight excluding hydrogens is 230 g/mol. The number of nitrogens with one attached hydrogen (secondary N) is 1. The quantitative estimate of drug-likeness (QED) is 0.857. The molecule has 94 valence electrons. The monoisotopic (exact) mass is 245 g/mol. The molecular formula is C12H15N5O. The van der Waals surface area contributed by atoms with Crippen LogP contribution in [0.3, 0.4) is 0 Å². The molecule has 2 aromatic rings. The van der Waals surface area contributed by atoms with E-state index in [-0.39, 0.29) is 0 Å². The van der Waals surface area contributed by atoms with Crippen molar-refractivity contribution in [2.45, 2.75) is 37.3 Å². The van der Waals surface area contributed by atoms with Crippen LogP contribution in [0.15, 0.2) is 17.0 Å². The topological polar surface area (TPSA) is 68.8 Å². The average molecular weight is 245 g/mol. The maximum atomic E-state index is 5.44. The number of aromatic nitrogens is 4. The minimum Gasteiger partial charge on any atom is -0.339 e. The zero-order chi connectivity index (χ0) is 12.1. The van der Waals surface area contributed by atoms with Crippen molar-refractivity contribution < 1.29 is 4.52 Å². The van der Waals surface area contributed by atoms with E-state index in [9.17, 15) is 0 Å². The van der Waals surface area contributed by atoms with Gasteiger partial charge in [0.05, 0.1) is 18.4 Å². The molecule has 6 heteroatoms. The third-order valence-corrected chi connectivity index (χ3v) is 4.10. The highest BCUT2D eigenvalue weighted by Crippen LogP contribution is 2.39. The second-order valence-corrected chi connectivity index (χ2v) is 5.24. The highest BCUT2D eigenvalue weighted by molar-refractivity contribution is 5.47. The second kappa shape index (κ2) is 3.65. The van der Waals surface area contributed by atoms with E-state index in [1.54, 1.807) is 12.5 Å². The molecule has 0 spiro atoms. The van der Waals surface area contributed by atoms with E-state index in [0.717, 1.165) is 18.0 Å². The number of nitrogens with zero attached hydrogens (tertiary/aromatic N) is 4. The zero-order valence-corrected chi connectivity index (χ0v) is 10.2. The van der Waals surface area contributed by atoms with E-state index in [1.165, 1.54) is 12.8 Å². The summed E-state index contributed by atoms with van der Waals surface area (Å²) in [6.45, 7) is 0. The normalized spacial score (nSPS) is 30.2. The zero-order valence-electron chi connectivity index (χ0n) is 10.2. The number of imidazole rings is 1. The second-order valence-electron chi connectivity index (χ2n) is 5.24. The highest BCUT2D eigenvalue weighted by atomic mass is 16.5. The van der Waals surface area contributed by atoms with Crippen LogP contribution in [0, 0.1) is 0 Å². The fourth-order valence-electron chi connectivity index (χ4n) is 3.16. The predicted molar refractivity (Wildman–Crippen MR) is 63.8 cm³/mol. The number of aryl methyl sites for hydroxylation is 1. The lowest BCUT2D eigenvalue weighted by Crippen LogP contribution is -2.21. The van der Waals surface area contributed by atoms with Gasteiger partial charge in [0.2, 0.25) is 11.7 Å². The average Bonchev–Trinajstić information content (AvgIpc) is 3.12. The van der Waals surface area contributed by atoms with E-state index in [2.05, 4.69) is 20.4 Å². The molecule has 3 atom stereocenters. The fourth-order valence-corrected chi connectivity index (χ4v) is 3.16. The van der Waals surface area contributed by atoms with Crippen LogP contribution in [-0.2, 0) is 7.05 Å². The minimum absolute atomic E-state index is 0.387. The van der Waals surface area contributed by atoms with E-state index >= 15 is 0 Å². The molecule has 2 fully saturated rings. The van der Waals surface area contributed by atoms with Gasteiger partial charge in [-0.05, 0) is 19.3 Å². The first-order valence-electron chi connectivity index (χ1n) is 6.37. The summed E-state index contributed by atoms with van der Waals surface area (Å²) in [4.78, 5) is 8.61. The van der Waals surface area contributed by atoms with Gasteiger partial charge in [-0.25, -0.2) is 4.98 Å². The lowest BCUT2D eigenvalue weighted by molar-refractivity contribution is 0.329. The highest BCUT2D eigenvalue weighted by Gasteiger charge is 2.42. The van der Waals surface area contributed by atoms with Crippen LogP contribution in [0.2, 0.25) is 0 Å². The molecule has 0 aliphatic carbocycles. The summed E-state index contributed by atoms with van der Waals surface area (Å²) in [5.74, 6) is 1.79. The summed E-state index contributed by atoms with van der Waals surface area (Å²) in [6.07, 6.45) is 7.12. The van der Waals surface area contributed by atoms with Gasteiger partial charge in [-0.3, -0.25) is 0 Å². The molecule has 18 heavy (non-hydrogen) atoms. The number of fused-ring (bicyclic) bond motifs is 2. The third kappa shape index (κ3) is 1.42. The van der Waals surface area contributed by atoms with E-state index in [0.29, 0.717) is 23.8 Å². The Labute approximate surface area is 104 Å². The lowest BCUT2D eigenvalue weighted by Gasteiger charge is -2.15. The van der Waals surface area contributed by atoms with E-state index < -0.39 is 0 Å². The molecule has 2 aromatic heterocycles. The maximum Gasteiger partial charge on any atom is 0.231 e. The van der Waals surface area contributed by atoms with Crippen LogP contribution in [0.1, 0.15) is 31.1 Å². The van der Waals surface area contributed by atoms with E-state index in [4.69, 9.17) is 4.52 Å². The molecule has 4 rings (SSSR count). The molecule has 0 saturated carbocycles. The summed E-state index contributed by atoms with van der Waals surface area (Å²) >= 11 is 0. The van der Waals surface area contributed by atoms with Crippen LogP contribution >= 0.6 is 0 Å². The Kier molecular flexibility index (Phi) is 2.08. The Bertz CT molecular complexity index is 575. The van der Waals surface area contributed by atoms with Crippen molar-refractivity contribution in [3.8, 4) is 11.5 Å². The van der Waals surface area contributed by atoms with Crippen LogP contribution in [0.25, 0.3) is 11.5 Å². The maximum absolute atomic E-state index is 5.44. The Morgan fingerprint density at radius 1 is 1.44 bits per heavy atom. The number of rotatable bonds is 2. The summed E-state index contributed by atoms with van der Waals surface area (Å²) < 4.78 is 7.33. The van der Waals surface area contributed by atoms with Crippen LogP contribution < -0.4 is 5.32 Å². The molecule has 3 unspecified atom stereocenters. The standard InChI is InChI=1S/C12H15N5O/c1-17-6-13-5-10(17)11-15-12(18-16-11)8-4-7-2-3-9(8)14-7/h5-9,14H,2-4H2,1H3. The van der Waals surface area contributed by atoms with Crippen LogP contribution in [0.4, 0.5) is 0 Å². The molecule has 0 radical (unpaired) electrons. The molecule has 6 nitrogen and oxygen atoms in total. The molecule has 0 aromatic carbocycles. The molecule has 0 amide bonds. The first kappa shape index (κ1) is 10.3. The van der Waals surface area contributed by atoms with Crippen molar-refractivity contribution in [1.29, 1.82) is 0 Å². The number of hydrogen-bond donors (Lipinski definition) is 1. The van der Waals surface area contributed by atoms with Crippen LogP contribution in [-0.4, -0.2) is 31.8 Å². The molecule has 2 bridgehead atoms. The van der Waals surface area contributed by atoms with Crippen molar-refractivity contribution in [3.63, 3.8) is 0 Å². The van der Waals surface area contributed by atoms with Gasteiger partial charge >= 0.3 is 0 Å². The molecule has 1 N–H and O–H groups in total. The van der Waals surface area contributed by atoms with Gasteiger partial charge in [-0.15, -0.1) is 0 Å². The Hall–Kier alpha value is -1.69. The lowest BCUT2D eigenvalue weighted by atomic mass is 9.89.